The molecule has 9 N–H and O–H groups in total. The molecule has 3 aliphatic heterocycles. The Morgan fingerprint density at radius 2 is 1.66 bits per heavy atom. The Hall–Kier alpha value is -3.85. The normalized spacial score (nSPS) is 21.6. The van der Waals surface area contributed by atoms with Crippen molar-refractivity contribution >= 4 is 69.6 Å². The number of nitrogens with one attached hydrogen (secondary N) is 3. The van der Waals surface area contributed by atoms with Gasteiger partial charge in [-0.05, 0) is 31.0 Å². The van der Waals surface area contributed by atoms with Crippen molar-refractivity contribution in [3.8, 4) is 0 Å². The van der Waals surface area contributed by atoms with Gasteiger partial charge in [-0.15, -0.1) is 0 Å². The van der Waals surface area contributed by atoms with Crippen LogP contribution in [-0.2, 0) is 35.4 Å². The fourth-order valence-corrected chi connectivity index (χ4v) is 7.93. The van der Waals surface area contributed by atoms with Crippen LogP contribution in [0.15, 0.2) is 35.3 Å². The molecule has 1 saturated carbocycles. The fourth-order valence-electron chi connectivity index (χ4n) is 6.39. The molecule has 1 aliphatic carbocycles. The fraction of sp³-hybridized carbons (Fsp3) is 0.433. The molecule has 47 heavy (non-hydrogen) atoms. The number of nitrogens with zero attached hydrogens (tertiary/aromatic N) is 2. The number of fused-ring (bicyclic) bond motifs is 1. The van der Waals surface area contributed by atoms with Gasteiger partial charge in [-0.25, -0.2) is 4.79 Å². The maximum absolute atomic E-state index is 13.4. The first-order valence-electron chi connectivity index (χ1n) is 14.5. The van der Waals surface area contributed by atoms with E-state index in [1.54, 1.807) is 30.3 Å². The van der Waals surface area contributed by atoms with E-state index in [1.165, 1.54) is 0 Å². The molecule has 3 fully saturated rings. The topological polar surface area (TPSA) is 262 Å². The summed E-state index contributed by atoms with van der Waals surface area (Å²) >= 11 is 1.83. The minimum atomic E-state index is -1.89. The largest absolute Gasteiger partial charge is 2.00 e. The summed E-state index contributed by atoms with van der Waals surface area (Å²) in [4.78, 5) is 79.3. The summed E-state index contributed by atoms with van der Waals surface area (Å²) < 4.78 is 0. The molecule has 4 aliphatic rings. The molecule has 6 rings (SSSR count). The number of unbranched alkanes of at least 4 members (excludes halogenated alkanes) is 1. The summed E-state index contributed by atoms with van der Waals surface area (Å²) in [5.41, 5.74) is -0.441. The quantitative estimate of drug-likeness (QED) is 0.0954. The number of imide groups is 1. The minimum absolute atomic E-state index is 0. The van der Waals surface area contributed by atoms with E-state index in [0.717, 1.165) is 23.5 Å². The van der Waals surface area contributed by atoms with Gasteiger partial charge in [-0.2, -0.15) is 11.8 Å². The molecule has 0 bridgehead atoms. The average molecular weight is 849 g/mol. The number of aliphatic carboxylic acids is 2. The van der Waals surface area contributed by atoms with E-state index in [-0.39, 0.29) is 83.3 Å². The first kappa shape index (κ1) is 37.6. The Balaban J connectivity index is 0.00000200. The summed E-state index contributed by atoms with van der Waals surface area (Å²) in [6.07, 6.45) is 2.32. The van der Waals surface area contributed by atoms with Crippen LogP contribution in [0.3, 0.4) is 0 Å². The van der Waals surface area contributed by atoms with Crippen LogP contribution < -0.4 is 16.0 Å². The van der Waals surface area contributed by atoms with E-state index in [1.807, 2.05) is 11.8 Å². The van der Waals surface area contributed by atoms with Gasteiger partial charge in [0, 0.05) is 71.0 Å². The molecule has 2 saturated heterocycles. The van der Waals surface area contributed by atoms with E-state index in [0.29, 0.717) is 51.4 Å². The number of rotatable bonds is 11. The number of carbonyl (C=O) groups is 6. The van der Waals surface area contributed by atoms with Crippen molar-refractivity contribution in [3.63, 3.8) is 0 Å². The van der Waals surface area contributed by atoms with E-state index in [9.17, 15) is 39.0 Å². The van der Waals surface area contributed by atoms with Crippen LogP contribution in [-0.4, -0.2) is 92.7 Å². The molecule has 0 unspecified atom stereocenters. The number of thioether (sulfide) groups is 1. The molecule has 0 spiro atoms. The maximum Gasteiger partial charge on any atom is 2.00 e. The SMILES string of the molecule is O=C(CCCC[C@@H]1SC[C@@H]2NC(=O)N[C@@H]21)NCCN1C(=O)c2cccc3c(N=C4CC(C(=O)O)(C(=O)O)C4)ccc(c23)C1=O.[NH2-].[NH2-].[Pt+2]. The zero-order chi connectivity index (χ0) is 31.2. The molecule has 254 valence electrons. The molecule has 15 nitrogen and oxygen atoms in total. The van der Waals surface area contributed by atoms with Gasteiger partial charge in [-0.1, -0.05) is 18.6 Å². The van der Waals surface area contributed by atoms with Crippen molar-refractivity contribution in [2.24, 2.45) is 10.4 Å². The Labute approximate surface area is 288 Å². The number of carboxylic acid groups (broad SMARTS) is 2. The van der Waals surface area contributed by atoms with Gasteiger partial charge in [0.05, 0.1) is 17.8 Å². The summed E-state index contributed by atoms with van der Waals surface area (Å²) in [7, 11) is 0. The number of amides is 5. The molecule has 0 radical (unpaired) electrons. The second-order valence-electron chi connectivity index (χ2n) is 11.6. The van der Waals surface area contributed by atoms with Crippen molar-refractivity contribution in [2.45, 2.75) is 55.9 Å². The number of hydrogen-bond donors (Lipinski definition) is 5. The monoisotopic (exact) mass is 848 g/mol. The molecule has 3 atom stereocenters. The zero-order valence-corrected chi connectivity index (χ0v) is 28.2. The summed E-state index contributed by atoms with van der Waals surface area (Å²) in [6, 6.07) is 8.35. The summed E-state index contributed by atoms with van der Waals surface area (Å²) in [6.45, 7) is 0.117. The predicted octanol–water partition coefficient (Wildman–Crippen LogP) is 3.73. The summed E-state index contributed by atoms with van der Waals surface area (Å²) in [5, 5.41) is 28.7. The Morgan fingerprint density at radius 1 is 0.979 bits per heavy atom. The van der Waals surface area contributed by atoms with Crippen LogP contribution in [0.25, 0.3) is 23.1 Å². The predicted molar refractivity (Wildman–Crippen MR) is 171 cm³/mol. The number of carbonyl (C=O) groups excluding carboxylic acids is 4. The maximum atomic E-state index is 13.4. The number of benzene rings is 2. The van der Waals surface area contributed by atoms with Gasteiger partial charge in [0.1, 0.15) is 0 Å². The number of carboxylic acids is 2. The molecule has 17 heteroatoms. The second-order valence-corrected chi connectivity index (χ2v) is 12.8. The number of nitrogens with two attached hydrogens (primary N) is 2. The molecule has 0 aromatic heterocycles. The van der Waals surface area contributed by atoms with Gasteiger partial charge in [0.15, 0.2) is 5.41 Å². The molecule has 2 aromatic carbocycles. The van der Waals surface area contributed by atoms with Crippen LogP contribution in [0.2, 0.25) is 0 Å². The van der Waals surface area contributed by atoms with E-state index >= 15 is 0 Å². The number of hydrogen-bond acceptors (Lipinski definition) is 8. The Bertz CT molecular complexity index is 1610. The first-order valence-corrected chi connectivity index (χ1v) is 15.5. The van der Waals surface area contributed by atoms with Crippen LogP contribution in [0.4, 0.5) is 10.5 Å². The Morgan fingerprint density at radius 3 is 2.34 bits per heavy atom. The van der Waals surface area contributed by atoms with Crippen LogP contribution >= 0.6 is 11.8 Å². The van der Waals surface area contributed by atoms with Crippen LogP contribution in [0.1, 0.15) is 59.2 Å². The standard InChI is InChI=1S/C30H31N5O8S.2H2N.Pt/c36-22(7-2-1-6-21-24-20(14-44-21)33-29(43)34-24)31-10-11-35-25(37)17-5-3-4-16-19(9-8-18(23(16)17)26(35)38)32-15-12-30(13-15,27(39)40)28(41)42;;;/h3-5,8-9,20-21,24H,1-2,6-7,10-14H2,(H,31,36)(H,39,40)(H,41,42)(H2,33,34,43);2*1H2;/q;2*-1;+2/t20-,21-,24-;;;/m0.../s1. The van der Waals surface area contributed by atoms with Crippen LogP contribution in [0.5, 0.6) is 0 Å². The average Bonchev–Trinajstić information content (AvgIpc) is 3.52. The van der Waals surface area contributed by atoms with Crippen molar-refractivity contribution in [3.05, 3.63) is 53.8 Å². The Kier molecular flexibility index (Phi) is 11.9. The zero-order valence-electron chi connectivity index (χ0n) is 25.1. The molecular weight excluding hydrogens is 814 g/mol. The van der Waals surface area contributed by atoms with Gasteiger partial charge < -0.3 is 38.5 Å². The molecule has 2 aromatic rings. The smallest absolute Gasteiger partial charge is 0.693 e. The van der Waals surface area contributed by atoms with Crippen molar-refractivity contribution in [2.75, 3.05) is 18.8 Å². The van der Waals surface area contributed by atoms with E-state index in [2.05, 4.69) is 20.9 Å². The molecule has 3 heterocycles. The van der Waals surface area contributed by atoms with Gasteiger partial charge >= 0.3 is 39.0 Å². The third kappa shape index (κ3) is 6.91. The molecule has 5 amide bonds. The van der Waals surface area contributed by atoms with E-state index < -0.39 is 29.2 Å². The van der Waals surface area contributed by atoms with Gasteiger partial charge in [0.2, 0.25) is 5.91 Å². The third-order valence-corrected chi connectivity index (χ3v) is 10.3. The van der Waals surface area contributed by atoms with Crippen molar-refractivity contribution in [1.82, 2.24) is 20.9 Å². The van der Waals surface area contributed by atoms with Crippen molar-refractivity contribution in [1.29, 1.82) is 0 Å². The molecular formula is C30H35N7O8PtS. The second kappa shape index (κ2) is 14.9. The first-order chi connectivity index (χ1) is 21.1. The summed E-state index contributed by atoms with van der Waals surface area (Å²) in [5.74, 6) is -3.08. The third-order valence-electron chi connectivity index (χ3n) is 8.82. The number of aliphatic imine (C=N–C) groups is 1. The number of urea groups is 1. The van der Waals surface area contributed by atoms with E-state index in [4.69, 9.17) is 0 Å². The van der Waals surface area contributed by atoms with Gasteiger partial charge in [-0.3, -0.25) is 33.9 Å². The van der Waals surface area contributed by atoms with Crippen molar-refractivity contribution < 1.29 is 60.0 Å². The van der Waals surface area contributed by atoms with Crippen LogP contribution in [0, 0.1) is 5.41 Å². The van der Waals surface area contributed by atoms with Gasteiger partial charge in [0.25, 0.3) is 11.8 Å². The minimum Gasteiger partial charge on any atom is -0.693 e.